The summed E-state index contributed by atoms with van der Waals surface area (Å²) in [5.74, 6) is 0.0845. The molecule has 0 unspecified atom stereocenters. The van der Waals surface area contributed by atoms with Crippen molar-refractivity contribution < 1.29 is 15.3 Å². The van der Waals surface area contributed by atoms with Gasteiger partial charge in [0.25, 0.3) is 0 Å². The highest BCUT2D eigenvalue weighted by Gasteiger charge is 2.21. The maximum absolute atomic E-state index is 11.1. The van der Waals surface area contributed by atoms with Crippen LogP contribution in [0.1, 0.15) is 27.2 Å². The molecule has 3 heteroatoms. The lowest BCUT2D eigenvalue weighted by molar-refractivity contribution is -0.418. The molecule has 0 amide bonds. The lowest BCUT2D eigenvalue weighted by Gasteiger charge is -2.10. The van der Waals surface area contributed by atoms with E-state index in [9.17, 15) is 4.79 Å². The summed E-state index contributed by atoms with van der Waals surface area (Å²) in [6.07, 6.45) is 0.872. The molecule has 0 aromatic rings. The molecule has 0 bridgehead atoms. The van der Waals surface area contributed by atoms with Crippen molar-refractivity contribution in [2.75, 3.05) is 6.61 Å². The Balaban J connectivity index is 3.64. The molecule has 0 aromatic carbocycles. The fourth-order valence-electron chi connectivity index (χ4n) is 0.582. The van der Waals surface area contributed by atoms with E-state index in [2.05, 4.69) is 5.73 Å². The predicted molar refractivity (Wildman–Crippen MR) is 42.8 cm³/mol. The molecule has 3 N–H and O–H groups in total. The minimum atomic E-state index is -0.221. The highest BCUT2D eigenvalue weighted by atomic mass is 16.5. The van der Waals surface area contributed by atoms with Crippen molar-refractivity contribution in [3.05, 3.63) is 0 Å². The summed E-state index contributed by atoms with van der Waals surface area (Å²) >= 11 is 0. The second kappa shape index (κ2) is 5.13. The quantitative estimate of drug-likeness (QED) is 0.597. The largest absolute Gasteiger partial charge is 0.461 e. The summed E-state index contributed by atoms with van der Waals surface area (Å²) in [5, 5.41) is 0. The van der Waals surface area contributed by atoms with E-state index in [0.717, 1.165) is 6.42 Å². The molecule has 0 aromatic heterocycles. The van der Waals surface area contributed by atoms with Crippen molar-refractivity contribution in [3.8, 4) is 0 Å². The Bertz CT molecular complexity index is 123. The zero-order valence-corrected chi connectivity index (χ0v) is 7.59. The Morgan fingerprint density at radius 1 is 1.55 bits per heavy atom. The Labute approximate surface area is 67.9 Å². The SMILES string of the molecule is CCCOC(=O)[C@@H]([NH3+])C(C)C. The van der Waals surface area contributed by atoms with E-state index in [1.807, 2.05) is 20.8 Å². The van der Waals surface area contributed by atoms with Crippen LogP contribution < -0.4 is 5.73 Å². The Hall–Kier alpha value is -0.570. The molecule has 0 spiro atoms. The van der Waals surface area contributed by atoms with Crippen molar-refractivity contribution in [2.45, 2.75) is 33.2 Å². The highest BCUT2D eigenvalue weighted by molar-refractivity contribution is 5.74. The molecule has 0 radical (unpaired) electrons. The van der Waals surface area contributed by atoms with Gasteiger partial charge in [0.05, 0.1) is 6.61 Å². The summed E-state index contributed by atoms with van der Waals surface area (Å²) in [6, 6.07) is -0.221. The van der Waals surface area contributed by atoms with E-state index in [4.69, 9.17) is 4.74 Å². The average Bonchev–Trinajstić information content (AvgIpc) is 1.98. The van der Waals surface area contributed by atoms with E-state index in [0.29, 0.717) is 6.61 Å². The first-order chi connectivity index (χ1) is 5.09. The Morgan fingerprint density at radius 3 is 2.45 bits per heavy atom. The number of carbonyl (C=O) groups excluding carboxylic acids is 1. The van der Waals surface area contributed by atoms with E-state index < -0.39 is 0 Å². The second-order valence-corrected chi connectivity index (χ2v) is 3.02. The van der Waals surface area contributed by atoms with Crippen LogP contribution in [-0.4, -0.2) is 18.6 Å². The van der Waals surface area contributed by atoms with Crippen molar-refractivity contribution in [3.63, 3.8) is 0 Å². The Kier molecular flexibility index (Phi) is 4.86. The van der Waals surface area contributed by atoms with Crippen molar-refractivity contribution in [2.24, 2.45) is 5.92 Å². The van der Waals surface area contributed by atoms with Crippen molar-refractivity contribution >= 4 is 5.97 Å². The lowest BCUT2D eigenvalue weighted by Crippen LogP contribution is -2.67. The molecule has 0 saturated heterocycles. The van der Waals surface area contributed by atoms with Crippen molar-refractivity contribution in [1.29, 1.82) is 0 Å². The third-order valence-electron chi connectivity index (χ3n) is 1.56. The van der Waals surface area contributed by atoms with Gasteiger partial charge in [-0.05, 0) is 6.42 Å². The van der Waals surface area contributed by atoms with Gasteiger partial charge in [0.15, 0.2) is 6.04 Å². The third kappa shape index (κ3) is 3.98. The Morgan fingerprint density at radius 2 is 2.09 bits per heavy atom. The number of hydrogen-bond donors (Lipinski definition) is 1. The van der Waals surface area contributed by atoms with Crippen molar-refractivity contribution in [1.82, 2.24) is 0 Å². The summed E-state index contributed by atoms with van der Waals surface area (Å²) in [5.41, 5.74) is 3.72. The van der Waals surface area contributed by atoms with Crippen LogP contribution in [0.15, 0.2) is 0 Å². The minimum Gasteiger partial charge on any atom is -0.461 e. The van der Waals surface area contributed by atoms with Gasteiger partial charge in [-0.15, -0.1) is 0 Å². The summed E-state index contributed by atoms with van der Waals surface area (Å²) < 4.78 is 4.91. The highest BCUT2D eigenvalue weighted by Crippen LogP contribution is 1.98. The molecule has 0 aliphatic rings. The molecule has 11 heavy (non-hydrogen) atoms. The van der Waals surface area contributed by atoms with Gasteiger partial charge >= 0.3 is 5.97 Å². The fourth-order valence-corrected chi connectivity index (χ4v) is 0.582. The molecule has 0 aliphatic carbocycles. The lowest BCUT2D eigenvalue weighted by atomic mass is 10.1. The molecule has 3 nitrogen and oxygen atoms in total. The van der Waals surface area contributed by atoms with Gasteiger partial charge in [-0.2, -0.15) is 0 Å². The molecule has 0 heterocycles. The maximum Gasteiger partial charge on any atom is 0.365 e. The van der Waals surface area contributed by atoms with Gasteiger partial charge in [-0.1, -0.05) is 20.8 Å². The molecule has 1 atom stereocenters. The smallest absolute Gasteiger partial charge is 0.365 e. The normalized spacial score (nSPS) is 13.2. The monoisotopic (exact) mass is 160 g/mol. The van der Waals surface area contributed by atoms with E-state index in [-0.39, 0.29) is 17.9 Å². The minimum absolute atomic E-state index is 0.179. The molecule has 0 fully saturated rings. The van der Waals surface area contributed by atoms with Gasteiger partial charge in [0, 0.05) is 5.92 Å². The number of hydrogen-bond acceptors (Lipinski definition) is 2. The molecule has 0 saturated carbocycles. The van der Waals surface area contributed by atoms with Crippen LogP contribution in [0.25, 0.3) is 0 Å². The van der Waals surface area contributed by atoms with E-state index in [1.165, 1.54) is 0 Å². The average molecular weight is 160 g/mol. The van der Waals surface area contributed by atoms with E-state index in [1.54, 1.807) is 0 Å². The molecule has 0 rings (SSSR count). The van der Waals surface area contributed by atoms with Gasteiger partial charge in [-0.25, -0.2) is 4.79 Å². The summed E-state index contributed by atoms with van der Waals surface area (Å²) in [6.45, 7) is 6.41. The zero-order valence-electron chi connectivity index (χ0n) is 7.59. The predicted octanol–water partition coefficient (Wildman–Crippen LogP) is 0.206. The molecular weight excluding hydrogens is 142 g/mol. The zero-order chi connectivity index (χ0) is 8.85. The fraction of sp³-hybridized carbons (Fsp3) is 0.875. The van der Waals surface area contributed by atoms with Gasteiger partial charge < -0.3 is 10.5 Å². The van der Waals surface area contributed by atoms with E-state index >= 15 is 0 Å². The van der Waals surface area contributed by atoms with Crippen LogP contribution in [0.4, 0.5) is 0 Å². The van der Waals surface area contributed by atoms with Crippen LogP contribution >= 0.6 is 0 Å². The second-order valence-electron chi connectivity index (χ2n) is 3.02. The number of quaternary nitrogens is 1. The van der Waals surface area contributed by atoms with Crippen LogP contribution in [-0.2, 0) is 9.53 Å². The number of esters is 1. The molecular formula is C8H18NO2+. The van der Waals surface area contributed by atoms with Crippen LogP contribution in [0.2, 0.25) is 0 Å². The van der Waals surface area contributed by atoms with Gasteiger partial charge in [-0.3, -0.25) is 0 Å². The summed E-state index contributed by atoms with van der Waals surface area (Å²) in [7, 11) is 0. The first-order valence-corrected chi connectivity index (χ1v) is 4.09. The van der Waals surface area contributed by atoms with Gasteiger partial charge in [0.2, 0.25) is 0 Å². The molecule has 66 valence electrons. The topological polar surface area (TPSA) is 53.9 Å². The molecule has 0 aliphatic heterocycles. The third-order valence-corrected chi connectivity index (χ3v) is 1.56. The van der Waals surface area contributed by atoms with Crippen LogP contribution in [0.5, 0.6) is 0 Å². The standard InChI is InChI=1S/C8H17NO2/c1-4-5-11-8(10)7(9)6(2)3/h6-7H,4-5,9H2,1-3H3/p+1/t7-/m0/s1. The number of carbonyl (C=O) groups is 1. The number of rotatable bonds is 4. The van der Waals surface area contributed by atoms with Gasteiger partial charge in [0.1, 0.15) is 0 Å². The first kappa shape index (κ1) is 10.4. The van der Waals surface area contributed by atoms with Crippen LogP contribution in [0.3, 0.4) is 0 Å². The maximum atomic E-state index is 11.1. The summed E-state index contributed by atoms with van der Waals surface area (Å²) in [4.78, 5) is 11.1. The van der Waals surface area contributed by atoms with Crippen LogP contribution in [0, 0.1) is 5.92 Å². The number of ether oxygens (including phenoxy) is 1. The first-order valence-electron chi connectivity index (χ1n) is 4.09.